The molecule has 21 heavy (non-hydrogen) atoms. The van der Waals surface area contributed by atoms with Crippen LogP contribution in [0, 0.1) is 0 Å². The molecule has 0 bridgehead atoms. The summed E-state index contributed by atoms with van der Waals surface area (Å²) in [5, 5.41) is 22.1. The molecule has 2 unspecified atom stereocenters. The Kier molecular flexibility index (Phi) is 4.59. The molecule has 1 aliphatic heterocycles. The quantitative estimate of drug-likeness (QED) is 0.718. The molecule has 1 amide bonds. The van der Waals surface area contributed by atoms with E-state index in [1.54, 1.807) is 25.1 Å². The first kappa shape index (κ1) is 15.5. The predicted octanol–water partition coefficient (Wildman–Crippen LogP) is 0.692. The van der Waals surface area contributed by atoms with Crippen LogP contribution in [0.2, 0.25) is 0 Å². The number of benzene rings is 1. The lowest BCUT2D eigenvalue weighted by Gasteiger charge is -2.23. The van der Waals surface area contributed by atoms with Gasteiger partial charge in [-0.05, 0) is 30.7 Å². The summed E-state index contributed by atoms with van der Waals surface area (Å²) in [5.41, 5.74) is 2.45. The number of hydrogen-bond acceptors (Lipinski definition) is 4. The number of carbonyl (C=O) groups excluding carboxylic acids is 1. The molecule has 0 aliphatic carbocycles. The number of fused-ring (bicyclic) bond motifs is 1. The molecule has 6 nitrogen and oxygen atoms in total. The maximum absolute atomic E-state index is 11.7. The normalized spacial score (nSPS) is 16.7. The number of carboxylic acid groups (broad SMARTS) is 1. The zero-order chi connectivity index (χ0) is 15.6. The number of likely N-dealkylation sites (N-methyl/N-ethyl adjacent to an activating group) is 2. The molecule has 114 valence electrons. The zero-order valence-electron chi connectivity index (χ0n) is 12.2. The molecule has 3 N–H and O–H groups in total. The van der Waals surface area contributed by atoms with Crippen LogP contribution < -0.4 is 10.2 Å². The van der Waals surface area contributed by atoms with Gasteiger partial charge in [0.2, 0.25) is 5.91 Å². The smallest absolute Gasteiger partial charge is 0.303 e. The van der Waals surface area contributed by atoms with Crippen LogP contribution in [0.3, 0.4) is 0 Å². The zero-order valence-corrected chi connectivity index (χ0v) is 12.2. The summed E-state index contributed by atoms with van der Waals surface area (Å²) in [6.45, 7) is 0. The summed E-state index contributed by atoms with van der Waals surface area (Å²) in [5.74, 6) is -0.851. The van der Waals surface area contributed by atoms with E-state index in [1.165, 1.54) is 0 Å². The van der Waals surface area contributed by atoms with Crippen LogP contribution in [0.4, 0.5) is 5.69 Å². The topological polar surface area (TPSA) is 89.9 Å². The first-order valence-corrected chi connectivity index (χ1v) is 6.90. The minimum absolute atomic E-state index is 0.00523. The van der Waals surface area contributed by atoms with Crippen molar-refractivity contribution in [1.29, 1.82) is 0 Å². The molecular formula is C15H20N2O4. The van der Waals surface area contributed by atoms with E-state index < -0.39 is 12.1 Å². The van der Waals surface area contributed by atoms with Crippen molar-refractivity contribution in [1.82, 2.24) is 5.32 Å². The minimum Gasteiger partial charge on any atom is -0.481 e. The summed E-state index contributed by atoms with van der Waals surface area (Å²) < 4.78 is 0. The second kappa shape index (κ2) is 6.24. The second-order valence-electron chi connectivity index (χ2n) is 5.29. The maximum Gasteiger partial charge on any atom is 0.303 e. The number of anilines is 1. The van der Waals surface area contributed by atoms with E-state index in [1.807, 2.05) is 12.1 Å². The Hall–Kier alpha value is -1.92. The van der Waals surface area contributed by atoms with E-state index in [4.69, 9.17) is 5.11 Å². The lowest BCUT2D eigenvalue weighted by molar-refractivity contribution is -0.137. The molecule has 1 aliphatic rings. The molecule has 2 rings (SSSR count). The third kappa shape index (κ3) is 3.22. The average Bonchev–Trinajstić information content (AvgIpc) is 2.73. The Morgan fingerprint density at radius 1 is 1.48 bits per heavy atom. The third-order valence-electron chi connectivity index (χ3n) is 3.94. The molecule has 0 saturated heterocycles. The van der Waals surface area contributed by atoms with Crippen LogP contribution in [0.15, 0.2) is 18.2 Å². The number of amides is 1. The lowest BCUT2D eigenvalue weighted by Crippen LogP contribution is -2.32. The van der Waals surface area contributed by atoms with E-state index in [9.17, 15) is 14.7 Å². The maximum atomic E-state index is 11.7. The monoisotopic (exact) mass is 292 g/mol. The van der Waals surface area contributed by atoms with Gasteiger partial charge in [-0.2, -0.15) is 0 Å². The van der Waals surface area contributed by atoms with E-state index >= 15 is 0 Å². The van der Waals surface area contributed by atoms with E-state index in [0.717, 1.165) is 11.3 Å². The van der Waals surface area contributed by atoms with Gasteiger partial charge >= 0.3 is 5.97 Å². The van der Waals surface area contributed by atoms with Crippen LogP contribution >= 0.6 is 0 Å². The van der Waals surface area contributed by atoms with Gasteiger partial charge in [0.05, 0.1) is 12.5 Å². The van der Waals surface area contributed by atoms with Crippen LogP contribution in [0.1, 0.15) is 30.1 Å². The highest BCUT2D eigenvalue weighted by Crippen LogP contribution is 2.31. The molecule has 0 radical (unpaired) electrons. The van der Waals surface area contributed by atoms with Gasteiger partial charge in [0.1, 0.15) is 0 Å². The Morgan fingerprint density at radius 3 is 2.81 bits per heavy atom. The summed E-state index contributed by atoms with van der Waals surface area (Å²) in [7, 11) is 3.42. The van der Waals surface area contributed by atoms with Crippen molar-refractivity contribution >= 4 is 17.6 Å². The predicted molar refractivity (Wildman–Crippen MR) is 78.2 cm³/mol. The molecule has 1 aromatic carbocycles. The van der Waals surface area contributed by atoms with Gasteiger partial charge in [-0.1, -0.05) is 12.1 Å². The van der Waals surface area contributed by atoms with Gasteiger partial charge in [0.25, 0.3) is 0 Å². The number of nitrogens with zero attached hydrogens (tertiary/aromatic N) is 1. The first-order chi connectivity index (χ1) is 9.93. The molecule has 0 fully saturated rings. The number of aliphatic hydroxyl groups is 1. The average molecular weight is 292 g/mol. The molecule has 1 aromatic rings. The number of carbonyl (C=O) groups is 2. The highest BCUT2D eigenvalue weighted by Gasteiger charge is 2.26. The Bertz CT molecular complexity index is 559. The van der Waals surface area contributed by atoms with Crippen LogP contribution in [-0.4, -0.2) is 42.2 Å². The van der Waals surface area contributed by atoms with Crippen molar-refractivity contribution < 1.29 is 19.8 Å². The van der Waals surface area contributed by atoms with E-state index in [0.29, 0.717) is 18.4 Å². The summed E-state index contributed by atoms with van der Waals surface area (Å²) in [6.07, 6.45) is -0.135. The van der Waals surface area contributed by atoms with Crippen molar-refractivity contribution in [2.45, 2.75) is 31.4 Å². The number of nitrogens with one attached hydrogen (secondary N) is 1. The fourth-order valence-electron chi connectivity index (χ4n) is 2.65. The van der Waals surface area contributed by atoms with Crippen molar-refractivity contribution in [2.75, 3.05) is 19.0 Å². The standard InChI is InChI=1S/C15H20N2O4/c1-16-11(4-6-14(19)20)15(21)9-3-5-12-10(7-9)8-13(18)17(12)2/h3,5,7,11,15-16,21H,4,6,8H2,1-2H3,(H,19,20). The van der Waals surface area contributed by atoms with Crippen LogP contribution in [0.5, 0.6) is 0 Å². The third-order valence-corrected chi connectivity index (χ3v) is 3.94. The fourth-order valence-corrected chi connectivity index (χ4v) is 2.65. The molecule has 0 aromatic heterocycles. The van der Waals surface area contributed by atoms with Gasteiger partial charge < -0.3 is 20.4 Å². The van der Waals surface area contributed by atoms with Gasteiger partial charge in [-0.15, -0.1) is 0 Å². The Labute approximate surface area is 123 Å². The Balaban J connectivity index is 2.16. The van der Waals surface area contributed by atoms with Crippen molar-refractivity contribution in [3.8, 4) is 0 Å². The molecular weight excluding hydrogens is 272 g/mol. The number of carboxylic acids is 1. The summed E-state index contributed by atoms with van der Waals surface area (Å²) >= 11 is 0. The summed E-state index contributed by atoms with van der Waals surface area (Å²) in [6, 6.07) is 5.09. The fraction of sp³-hybridized carbons (Fsp3) is 0.467. The van der Waals surface area contributed by atoms with Gasteiger partial charge in [-0.25, -0.2) is 0 Å². The Morgan fingerprint density at radius 2 is 2.19 bits per heavy atom. The van der Waals surface area contributed by atoms with Gasteiger partial charge in [0, 0.05) is 25.2 Å². The number of rotatable bonds is 6. The molecule has 1 heterocycles. The van der Waals surface area contributed by atoms with Crippen molar-refractivity contribution in [3.63, 3.8) is 0 Å². The molecule has 0 saturated carbocycles. The van der Waals surface area contributed by atoms with E-state index in [-0.39, 0.29) is 18.4 Å². The number of aliphatic hydroxyl groups excluding tert-OH is 1. The lowest BCUT2D eigenvalue weighted by atomic mass is 9.96. The largest absolute Gasteiger partial charge is 0.481 e. The molecule has 6 heteroatoms. The highest BCUT2D eigenvalue weighted by molar-refractivity contribution is 6.00. The first-order valence-electron chi connectivity index (χ1n) is 6.90. The minimum atomic E-state index is -0.886. The van der Waals surface area contributed by atoms with Gasteiger partial charge in [0.15, 0.2) is 0 Å². The van der Waals surface area contributed by atoms with E-state index in [2.05, 4.69) is 5.32 Å². The number of aliphatic carboxylic acids is 1. The second-order valence-corrected chi connectivity index (χ2v) is 5.29. The molecule has 2 atom stereocenters. The van der Waals surface area contributed by atoms with Crippen LogP contribution in [-0.2, 0) is 16.0 Å². The van der Waals surface area contributed by atoms with Crippen molar-refractivity contribution in [2.24, 2.45) is 0 Å². The highest BCUT2D eigenvalue weighted by atomic mass is 16.4. The summed E-state index contributed by atoms with van der Waals surface area (Å²) in [4.78, 5) is 23.9. The number of hydrogen-bond donors (Lipinski definition) is 3. The van der Waals surface area contributed by atoms with Gasteiger partial charge in [-0.3, -0.25) is 9.59 Å². The van der Waals surface area contributed by atoms with Crippen molar-refractivity contribution in [3.05, 3.63) is 29.3 Å². The SMILES string of the molecule is CNC(CCC(=O)O)C(O)c1ccc2c(c1)CC(=O)N2C. The molecule has 0 spiro atoms. The van der Waals surface area contributed by atoms with Crippen LogP contribution in [0.25, 0.3) is 0 Å².